The molecule has 4 nitrogen and oxygen atoms in total. The molecule has 0 bridgehead atoms. The van der Waals surface area contributed by atoms with Crippen LogP contribution in [0, 0.1) is 0 Å². The fourth-order valence-corrected chi connectivity index (χ4v) is 1.88. The summed E-state index contributed by atoms with van der Waals surface area (Å²) in [6.07, 6.45) is 0. The largest absolute Gasteiger partial charge is 0.203 e. The Morgan fingerprint density at radius 2 is 1.05 bits per heavy atom. The molecule has 22 heavy (non-hydrogen) atoms. The summed E-state index contributed by atoms with van der Waals surface area (Å²) in [6.45, 7) is 0. The molecule has 3 aromatic rings. The van der Waals surface area contributed by atoms with Gasteiger partial charge in [-0.15, -0.1) is 0 Å². The van der Waals surface area contributed by atoms with Gasteiger partial charge in [0.2, 0.25) is 5.69 Å². The summed E-state index contributed by atoms with van der Waals surface area (Å²) in [6, 6.07) is 29.0. The highest BCUT2D eigenvalue weighted by atomic mass is 15.6. The van der Waals surface area contributed by atoms with Gasteiger partial charge in [-0.1, -0.05) is 59.7 Å². The lowest BCUT2D eigenvalue weighted by Crippen LogP contribution is -1.91. The lowest BCUT2D eigenvalue weighted by molar-refractivity contribution is -0.521. The van der Waals surface area contributed by atoms with E-state index in [1.54, 1.807) is 0 Å². The average Bonchev–Trinajstić information content (AvgIpc) is 2.61. The molecule has 0 spiro atoms. The molecule has 106 valence electrons. The Bertz CT molecular complexity index is 766. The first-order valence-corrected chi connectivity index (χ1v) is 7.00. The van der Waals surface area contributed by atoms with Gasteiger partial charge < -0.3 is 0 Å². The first-order chi connectivity index (χ1) is 10.9. The third-order valence-corrected chi connectivity index (χ3v) is 2.95. The smallest absolute Gasteiger partial charge is 0.0621 e. The van der Waals surface area contributed by atoms with Crippen LogP contribution in [0.3, 0.4) is 0 Å². The maximum absolute atomic E-state index is 4.52. The summed E-state index contributed by atoms with van der Waals surface area (Å²) in [5, 5.41) is 13.0. The van der Waals surface area contributed by atoms with Gasteiger partial charge in [-0.3, -0.25) is 0 Å². The van der Waals surface area contributed by atoms with Gasteiger partial charge in [-0.05, 0) is 36.4 Å². The van der Waals surface area contributed by atoms with E-state index >= 15 is 0 Å². The number of hydrogen-bond donors (Lipinski definition) is 0. The molecule has 0 saturated carbocycles. The minimum absolute atomic E-state index is 0.784. The van der Waals surface area contributed by atoms with Gasteiger partial charge in [-0.2, -0.15) is 0 Å². The van der Waals surface area contributed by atoms with E-state index in [-0.39, 0.29) is 0 Å². The number of nitrogens with zero attached hydrogens (tertiary/aromatic N) is 4. The predicted molar refractivity (Wildman–Crippen MR) is 85.9 cm³/mol. The lowest BCUT2D eigenvalue weighted by atomic mass is 10.3. The quantitative estimate of drug-likeness (QED) is 0.330. The Labute approximate surface area is 129 Å². The average molecular weight is 287 g/mol. The van der Waals surface area contributed by atoms with E-state index in [9.17, 15) is 0 Å². The SMILES string of the molecule is c1ccc(N=N[N+](=Nc2ccccc2)c2ccccc2)cc1. The summed E-state index contributed by atoms with van der Waals surface area (Å²) >= 11 is 0. The van der Waals surface area contributed by atoms with Crippen molar-refractivity contribution in [2.75, 3.05) is 0 Å². The van der Waals surface area contributed by atoms with E-state index in [1.165, 1.54) is 4.81 Å². The highest BCUT2D eigenvalue weighted by Crippen LogP contribution is 2.19. The zero-order valence-corrected chi connectivity index (χ0v) is 11.9. The van der Waals surface area contributed by atoms with Crippen molar-refractivity contribution in [3.63, 3.8) is 0 Å². The van der Waals surface area contributed by atoms with Gasteiger partial charge in [-0.25, -0.2) is 0 Å². The van der Waals surface area contributed by atoms with Crippen LogP contribution >= 0.6 is 0 Å². The van der Waals surface area contributed by atoms with Crippen molar-refractivity contribution in [3.05, 3.63) is 91.0 Å². The first-order valence-electron chi connectivity index (χ1n) is 7.00. The molecule has 0 saturated heterocycles. The maximum atomic E-state index is 4.52. The monoisotopic (exact) mass is 287 g/mol. The molecule has 3 rings (SSSR count). The Kier molecular flexibility index (Phi) is 4.42. The van der Waals surface area contributed by atoms with Crippen molar-refractivity contribution in [2.45, 2.75) is 0 Å². The molecular weight excluding hydrogens is 272 g/mol. The molecule has 0 amide bonds. The Balaban J connectivity index is 1.97. The molecule has 0 aromatic heterocycles. The van der Waals surface area contributed by atoms with Crippen molar-refractivity contribution in [1.29, 1.82) is 0 Å². The van der Waals surface area contributed by atoms with Gasteiger partial charge in [0.25, 0.3) is 0 Å². The summed E-state index contributed by atoms with van der Waals surface area (Å²) in [7, 11) is 0. The zero-order valence-electron chi connectivity index (χ0n) is 11.9. The molecule has 0 aliphatic rings. The molecule has 0 radical (unpaired) electrons. The molecule has 3 aromatic carbocycles. The second-order valence-electron chi connectivity index (χ2n) is 4.59. The highest BCUT2D eigenvalue weighted by molar-refractivity contribution is 5.36. The maximum Gasteiger partial charge on any atom is 0.203 e. The Morgan fingerprint density at radius 1 is 0.545 bits per heavy atom. The highest BCUT2D eigenvalue weighted by Gasteiger charge is 2.07. The number of benzene rings is 3. The number of azo groups is 1. The van der Waals surface area contributed by atoms with Gasteiger partial charge in [0.05, 0.1) is 5.11 Å². The summed E-state index contributed by atoms with van der Waals surface area (Å²) in [4.78, 5) is 1.53. The van der Waals surface area contributed by atoms with Gasteiger partial charge >= 0.3 is 0 Å². The first kappa shape index (κ1) is 13.8. The molecule has 0 unspecified atom stereocenters. The van der Waals surface area contributed by atoms with E-state index in [2.05, 4.69) is 15.5 Å². The standard InChI is InChI=1S/C18H15N4/c1-4-10-16(11-5-1)19-21-22(18-14-8-3-9-15-18)20-17-12-6-2-7-13-17/h1-15H/q+1. The summed E-state index contributed by atoms with van der Waals surface area (Å²) in [5.74, 6) is 0. The van der Waals surface area contributed by atoms with Crippen molar-refractivity contribution in [3.8, 4) is 0 Å². The van der Waals surface area contributed by atoms with E-state index in [1.807, 2.05) is 91.0 Å². The molecule has 0 heterocycles. The van der Waals surface area contributed by atoms with Gasteiger partial charge in [0, 0.05) is 4.81 Å². The van der Waals surface area contributed by atoms with Crippen molar-refractivity contribution in [1.82, 2.24) is 0 Å². The van der Waals surface area contributed by atoms with Crippen LogP contribution in [0.4, 0.5) is 17.1 Å². The molecule has 0 aliphatic carbocycles. The predicted octanol–water partition coefficient (Wildman–Crippen LogP) is 5.81. The van der Waals surface area contributed by atoms with Crippen LogP contribution in [0.1, 0.15) is 0 Å². The number of hydrogen-bond acceptors (Lipinski definition) is 2. The van der Waals surface area contributed by atoms with Crippen molar-refractivity contribution >= 4 is 17.1 Å². The van der Waals surface area contributed by atoms with Crippen LogP contribution in [-0.4, -0.2) is 4.81 Å². The third-order valence-electron chi connectivity index (χ3n) is 2.95. The van der Waals surface area contributed by atoms with Crippen LogP contribution in [0.5, 0.6) is 0 Å². The minimum Gasteiger partial charge on any atom is -0.0621 e. The van der Waals surface area contributed by atoms with Gasteiger partial charge in [0.1, 0.15) is 5.69 Å². The fraction of sp³-hybridized carbons (Fsp3) is 0. The van der Waals surface area contributed by atoms with E-state index < -0.39 is 0 Å². The molecule has 0 atom stereocenters. The fourth-order valence-electron chi connectivity index (χ4n) is 1.88. The second-order valence-corrected chi connectivity index (χ2v) is 4.59. The molecule has 0 fully saturated rings. The van der Waals surface area contributed by atoms with Crippen molar-refractivity contribution in [2.24, 2.45) is 15.5 Å². The Hall–Kier alpha value is -3.14. The van der Waals surface area contributed by atoms with Crippen molar-refractivity contribution < 1.29 is 4.81 Å². The molecular formula is C18H15N4+. The van der Waals surface area contributed by atoms with Crippen LogP contribution in [0.15, 0.2) is 106 Å². The lowest BCUT2D eigenvalue weighted by Gasteiger charge is -1.95. The molecule has 0 N–H and O–H groups in total. The van der Waals surface area contributed by atoms with E-state index in [0.717, 1.165) is 17.1 Å². The summed E-state index contributed by atoms with van der Waals surface area (Å²) < 4.78 is 0. The van der Waals surface area contributed by atoms with Crippen LogP contribution in [-0.2, 0) is 0 Å². The van der Waals surface area contributed by atoms with Crippen LogP contribution < -0.4 is 0 Å². The zero-order chi connectivity index (χ0) is 15.0. The van der Waals surface area contributed by atoms with Crippen LogP contribution in [0.25, 0.3) is 0 Å². The third kappa shape index (κ3) is 3.70. The second kappa shape index (κ2) is 7.04. The summed E-state index contributed by atoms with van der Waals surface area (Å²) in [5.41, 5.74) is 2.45. The molecule has 0 aliphatic heterocycles. The normalized spacial score (nSPS) is 11.7. The van der Waals surface area contributed by atoms with Gasteiger partial charge in [0.15, 0.2) is 10.9 Å². The van der Waals surface area contributed by atoms with E-state index in [0.29, 0.717) is 0 Å². The topological polar surface area (TPSA) is 40.1 Å². The number of rotatable bonds is 4. The minimum atomic E-state index is 0.784. The molecule has 4 heteroatoms. The van der Waals surface area contributed by atoms with Crippen LogP contribution in [0.2, 0.25) is 0 Å². The Morgan fingerprint density at radius 3 is 1.64 bits per heavy atom. The number of para-hydroxylation sites is 1. The van der Waals surface area contributed by atoms with E-state index in [4.69, 9.17) is 0 Å².